The molecule has 0 atom stereocenters. The van der Waals surface area contributed by atoms with E-state index in [0.717, 1.165) is 30.2 Å². The van der Waals surface area contributed by atoms with E-state index in [-0.39, 0.29) is 5.78 Å². The molecule has 1 heterocycles. The minimum absolute atomic E-state index is 0.0644. The van der Waals surface area contributed by atoms with Crippen molar-refractivity contribution in [3.8, 4) is 0 Å². The Morgan fingerprint density at radius 3 is 2.82 bits per heavy atom. The van der Waals surface area contributed by atoms with Crippen molar-refractivity contribution in [2.75, 3.05) is 0 Å². The van der Waals surface area contributed by atoms with Crippen molar-refractivity contribution in [3.05, 3.63) is 42.1 Å². The fraction of sp³-hybridized carbons (Fsp3) is 0.286. The second-order valence-electron chi connectivity index (χ2n) is 4.75. The molecule has 1 fully saturated rings. The van der Waals surface area contributed by atoms with Crippen LogP contribution in [-0.4, -0.2) is 16.3 Å². The van der Waals surface area contributed by atoms with E-state index in [9.17, 15) is 4.79 Å². The molecular weight excluding hydrogens is 212 g/mol. The zero-order chi connectivity index (χ0) is 11.9. The monoisotopic (exact) mass is 226 g/mol. The molecule has 0 bridgehead atoms. The highest BCUT2D eigenvalue weighted by atomic mass is 16.1. The average molecular weight is 226 g/mol. The van der Waals surface area contributed by atoms with Gasteiger partial charge in [-0.3, -0.25) is 9.78 Å². The number of benzene rings is 1. The minimum atomic E-state index is -0.615. The Kier molecular flexibility index (Phi) is 2.23. The van der Waals surface area contributed by atoms with Crippen molar-refractivity contribution >= 4 is 16.7 Å². The summed E-state index contributed by atoms with van der Waals surface area (Å²) < 4.78 is 0. The van der Waals surface area contributed by atoms with Gasteiger partial charge in [0.15, 0.2) is 5.78 Å². The first-order valence-electron chi connectivity index (χ1n) is 5.88. The van der Waals surface area contributed by atoms with E-state index >= 15 is 0 Å². The lowest BCUT2D eigenvalue weighted by molar-refractivity contribution is 0.0801. The number of hydrogen-bond donors (Lipinski definition) is 1. The standard InChI is InChI=1S/C14H14N2O/c15-14(6-2-7-14)13(17)11-4-5-12-10(9-11)3-1-8-16-12/h1,3-5,8-9H,2,6-7,15H2. The number of Topliss-reactive ketones (excluding diaryl/α,β-unsaturated/α-hetero) is 1. The molecule has 1 aromatic carbocycles. The molecule has 3 rings (SSSR count). The van der Waals surface area contributed by atoms with Gasteiger partial charge in [0.2, 0.25) is 0 Å². The highest BCUT2D eigenvalue weighted by Crippen LogP contribution is 2.32. The van der Waals surface area contributed by atoms with E-state index in [1.807, 2.05) is 30.3 Å². The lowest BCUT2D eigenvalue weighted by Gasteiger charge is -2.36. The van der Waals surface area contributed by atoms with Gasteiger partial charge in [-0.2, -0.15) is 0 Å². The maximum absolute atomic E-state index is 12.2. The van der Waals surface area contributed by atoms with Crippen LogP contribution in [0.15, 0.2) is 36.5 Å². The fourth-order valence-corrected chi connectivity index (χ4v) is 2.29. The van der Waals surface area contributed by atoms with E-state index in [1.165, 1.54) is 0 Å². The quantitative estimate of drug-likeness (QED) is 0.799. The van der Waals surface area contributed by atoms with Gasteiger partial charge in [-0.25, -0.2) is 0 Å². The van der Waals surface area contributed by atoms with Gasteiger partial charge in [-0.1, -0.05) is 6.07 Å². The summed E-state index contributed by atoms with van der Waals surface area (Å²) in [6.45, 7) is 0. The average Bonchev–Trinajstić information content (AvgIpc) is 2.34. The molecule has 3 nitrogen and oxygen atoms in total. The molecule has 1 aliphatic carbocycles. The first-order valence-corrected chi connectivity index (χ1v) is 5.88. The summed E-state index contributed by atoms with van der Waals surface area (Å²) in [4.78, 5) is 16.5. The number of pyridine rings is 1. The van der Waals surface area contributed by atoms with E-state index in [1.54, 1.807) is 6.20 Å². The number of fused-ring (bicyclic) bond motifs is 1. The highest BCUT2D eigenvalue weighted by molar-refractivity contribution is 6.05. The van der Waals surface area contributed by atoms with Crippen molar-refractivity contribution < 1.29 is 4.79 Å². The summed E-state index contributed by atoms with van der Waals surface area (Å²) >= 11 is 0. The van der Waals surface area contributed by atoms with Crippen LogP contribution >= 0.6 is 0 Å². The molecule has 0 radical (unpaired) electrons. The predicted molar refractivity (Wildman–Crippen MR) is 66.8 cm³/mol. The van der Waals surface area contributed by atoms with Crippen molar-refractivity contribution in [2.24, 2.45) is 5.73 Å². The number of carbonyl (C=O) groups excluding carboxylic acids is 1. The summed E-state index contributed by atoms with van der Waals surface area (Å²) in [5.41, 5.74) is 7.05. The lowest BCUT2D eigenvalue weighted by Crippen LogP contribution is -2.53. The number of hydrogen-bond acceptors (Lipinski definition) is 3. The Hall–Kier alpha value is -1.74. The molecule has 1 aromatic heterocycles. The third kappa shape index (κ3) is 1.63. The summed E-state index contributed by atoms with van der Waals surface area (Å²) in [5, 5.41) is 0.987. The molecule has 3 heteroatoms. The third-order valence-electron chi connectivity index (χ3n) is 3.56. The first kappa shape index (κ1) is 10.4. The van der Waals surface area contributed by atoms with Crippen molar-refractivity contribution in [3.63, 3.8) is 0 Å². The van der Waals surface area contributed by atoms with Gasteiger partial charge in [0.1, 0.15) is 0 Å². The normalized spacial score (nSPS) is 17.7. The molecule has 0 amide bonds. The van der Waals surface area contributed by atoms with Crippen LogP contribution in [-0.2, 0) is 0 Å². The number of nitrogens with two attached hydrogens (primary N) is 1. The molecule has 1 aliphatic rings. The largest absolute Gasteiger partial charge is 0.319 e. The van der Waals surface area contributed by atoms with E-state index < -0.39 is 5.54 Å². The van der Waals surface area contributed by atoms with Crippen LogP contribution in [0.3, 0.4) is 0 Å². The predicted octanol–water partition coefficient (Wildman–Crippen LogP) is 2.30. The molecule has 0 spiro atoms. The second kappa shape index (κ2) is 3.64. The van der Waals surface area contributed by atoms with Crippen LogP contribution in [0.4, 0.5) is 0 Å². The van der Waals surface area contributed by atoms with E-state index in [2.05, 4.69) is 4.98 Å². The SMILES string of the molecule is NC1(C(=O)c2ccc3ncccc3c2)CCC1. The van der Waals surface area contributed by atoms with Gasteiger partial charge in [-0.15, -0.1) is 0 Å². The third-order valence-corrected chi connectivity index (χ3v) is 3.56. The van der Waals surface area contributed by atoms with Crippen molar-refractivity contribution in [1.29, 1.82) is 0 Å². The topological polar surface area (TPSA) is 56.0 Å². The molecule has 0 unspecified atom stereocenters. The molecule has 2 aromatic rings. The maximum Gasteiger partial charge on any atom is 0.182 e. The number of ketones is 1. The van der Waals surface area contributed by atoms with Gasteiger partial charge >= 0.3 is 0 Å². The van der Waals surface area contributed by atoms with E-state index in [0.29, 0.717) is 5.56 Å². The molecule has 0 aliphatic heterocycles. The fourth-order valence-electron chi connectivity index (χ4n) is 2.29. The number of carbonyl (C=O) groups is 1. The molecule has 17 heavy (non-hydrogen) atoms. The highest BCUT2D eigenvalue weighted by Gasteiger charge is 2.40. The van der Waals surface area contributed by atoms with E-state index in [4.69, 9.17) is 5.73 Å². The zero-order valence-electron chi connectivity index (χ0n) is 9.52. The molecular formula is C14H14N2O. The molecule has 1 saturated carbocycles. The molecule has 2 N–H and O–H groups in total. The zero-order valence-corrected chi connectivity index (χ0v) is 9.52. The van der Waals surface area contributed by atoms with Gasteiger partial charge in [-0.05, 0) is 43.5 Å². The van der Waals surface area contributed by atoms with Crippen LogP contribution in [0, 0.1) is 0 Å². The number of aromatic nitrogens is 1. The van der Waals surface area contributed by atoms with Crippen LogP contribution < -0.4 is 5.73 Å². The lowest BCUT2D eigenvalue weighted by atomic mass is 9.73. The Bertz CT molecular complexity index is 588. The van der Waals surface area contributed by atoms with Crippen LogP contribution in [0.5, 0.6) is 0 Å². The van der Waals surface area contributed by atoms with Gasteiger partial charge in [0.05, 0.1) is 11.1 Å². The van der Waals surface area contributed by atoms with Gasteiger partial charge in [0.25, 0.3) is 0 Å². The summed E-state index contributed by atoms with van der Waals surface area (Å²) in [6, 6.07) is 9.42. The number of rotatable bonds is 2. The Balaban J connectivity index is 2.03. The van der Waals surface area contributed by atoms with Crippen LogP contribution in [0.1, 0.15) is 29.6 Å². The van der Waals surface area contributed by atoms with Crippen molar-refractivity contribution in [1.82, 2.24) is 4.98 Å². The summed E-state index contributed by atoms with van der Waals surface area (Å²) in [6.07, 6.45) is 4.41. The van der Waals surface area contributed by atoms with Gasteiger partial charge in [0, 0.05) is 17.1 Å². The smallest absolute Gasteiger partial charge is 0.182 e. The summed E-state index contributed by atoms with van der Waals surface area (Å²) in [7, 11) is 0. The Morgan fingerprint density at radius 2 is 2.12 bits per heavy atom. The second-order valence-corrected chi connectivity index (χ2v) is 4.75. The Labute approximate surface area is 99.7 Å². The molecule has 86 valence electrons. The minimum Gasteiger partial charge on any atom is -0.319 e. The number of nitrogens with zero attached hydrogens (tertiary/aromatic N) is 1. The van der Waals surface area contributed by atoms with Gasteiger partial charge < -0.3 is 5.73 Å². The van der Waals surface area contributed by atoms with Crippen LogP contribution in [0.25, 0.3) is 10.9 Å². The first-order chi connectivity index (χ1) is 8.19. The Morgan fingerprint density at radius 1 is 1.29 bits per heavy atom. The van der Waals surface area contributed by atoms with Crippen LogP contribution in [0.2, 0.25) is 0 Å². The maximum atomic E-state index is 12.2. The summed E-state index contributed by atoms with van der Waals surface area (Å²) in [5.74, 6) is 0.0644. The van der Waals surface area contributed by atoms with Crippen molar-refractivity contribution in [2.45, 2.75) is 24.8 Å². The molecule has 0 saturated heterocycles.